The zero-order chi connectivity index (χ0) is 21.2. The lowest BCUT2D eigenvalue weighted by molar-refractivity contribution is 0.100. The molecule has 0 fully saturated rings. The van der Waals surface area contributed by atoms with Crippen LogP contribution >= 0.6 is 0 Å². The first-order chi connectivity index (χ1) is 14.7. The number of primary amides is 1. The van der Waals surface area contributed by atoms with E-state index in [0.29, 0.717) is 18.0 Å². The molecule has 1 amide bonds. The van der Waals surface area contributed by atoms with E-state index in [9.17, 15) is 4.79 Å². The molecule has 1 atom stereocenters. The van der Waals surface area contributed by atoms with Crippen LogP contribution in [0, 0.1) is 0 Å². The Morgan fingerprint density at radius 2 is 1.50 bits per heavy atom. The molecule has 1 unspecified atom stereocenters. The van der Waals surface area contributed by atoms with Crippen LogP contribution in [0.1, 0.15) is 33.0 Å². The average Bonchev–Trinajstić information content (AvgIpc) is 2.80. The number of benzene rings is 3. The van der Waals surface area contributed by atoms with E-state index in [2.05, 4.69) is 64.2 Å². The summed E-state index contributed by atoms with van der Waals surface area (Å²) in [6.07, 6.45) is 0.948. The first-order valence-corrected chi connectivity index (χ1v) is 10.1. The van der Waals surface area contributed by atoms with Crippen LogP contribution in [-0.4, -0.2) is 25.5 Å². The quantitative estimate of drug-likeness (QED) is 0.400. The van der Waals surface area contributed by atoms with Gasteiger partial charge in [-0.05, 0) is 35.2 Å². The molecule has 0 saturated carbocycles. The fraction of sp³-hybridized carbons (Fsp3) is 0.200. The zero-order valence-electron chi connectivity index (χ0n) is 17.2. The smallest absolute Gasteiger partial charge is 0.248 e. The molecule has 30 heavy (non-hydrogen) atoms. The van der Waals surface area contributed by atoms with E-state index in [1.54, 1.807) is 19.2 Å². The Hall–Kier alpha value is -3.60. The highest BCUT2D eigenvalue weighted by Gasteiger charge is 2.13. The normalized spacial score (nSPS) is 12.2. The largest absolute Gasteiger partial charge is 0.366 e. The first kappa shape index (κ1) is 21.1. The Kier molecular flexibility index (Phi) is 7.61. The van der Waals surface area contributed by atoms with Crippen molar-refractivity contribution in [2.45, 2.75) is 18.9 Å². The van der Waals surface area contributed by atoms with Gasteiger partial charge in [-0.25, -0.2) is 0 Å². The number of carbonyl (C=O) groups excluding carboxylic acids is 1. The maximum absolute atomic E-state index is 11.2. The summed E-state index contributed by atoms with van der Waals surface area (Å²) in [7, 11) is 1.76. The minimum Gasteiger partial charge on any atom is -0.366 e. The number of hydrogen-bond acceptors (Lipinski definition) is 2. The van der Waals surface area contributed by atoms with E-state index in [4.69, 9.17) is 5.73 Å². The molecule has 4 N–H and O–H groups in total. The number of carbonyl (C=O) groups is 1. The van der Waals surface area contributed by atoms with Gasteiger partial charge < -0.3 is 16.4 Å². The lowest BCUT2D eigenvalue weighted by Gasteiger charge is -2.20. The zero-order valence-corrected chi connectivity index (χ0v) is 17.2. The molecule has 5 nitrogen and oxygen atoms in total. The summed E-state index contributed by atoms with van der Waals surface area (Å²) >= 11 is 0. The maximum atomic E-state index is 11.2. The Labute approximate surface area is 178 Å². The van der Waals surface area contributed by atoms with Crippen LogP contribution in [0.2, 0.25) is 0 Å². The van der Waals surface area contributed by atoms with Gasteiger partial charge in [0.25, 0.3) is 0 Å². The Balaban J connectivity index is 1.60. The molecular formula is C25H28N4O. The number of hydrogen-bond donors (Lipinski definition) is 3. The molecule has 0 aliphatic carbocycles. The molecular weight excluding hydrogens is 372 g/mol. The molecule has 0 spiro atoms. The lowest BCUT2D eigenvalue weighted by Crippen LogP contribution is -2.39. The van der Waals surface area contributed by atoms with Crippen molar-refractivity contribution in [2.24, 2.45) is 10.7 Å². The van der Waals surface area contributed by atoms with Crippen LogP contribution in [0.4, 0.5) is 0 Å². The number of nitrogens with zero attached hydrogens (tertiary/aromatic N) is 1. The minimum absolute atomic E-state index is 0.321. The number of guanidine groups is 1. The van der Waals surface area contributed by atoms with Gasteiger partial charge >= 0.3 is 0 Å². The van der Waals surface area contributed by atoms with Gasteiger partial charge in [0, 0.05) is 31.6 Å². The van der Waals surface area contributed by atoms with Gasteiger partial charge in [-0.15, -0.1) is 0 Å². The number of nitrogens with one attached hydrogen (secondary N) is 2. The highest BCUT2D eigenvalue weighted by molar-refractivity contribution is 5.92. The second-order valence-corrected chi connectivity index (χ2v) is 7.17. The first-order valence-electron chi connectivity index (χ1n) is 10.1. The minimum atomic E-state index is -0.419. The number of rotatable bonds is 8. The third-order valence-electron chi connectivity index (χ3n) is 5.03. The third-order valence-corrected chi connectivity index (χ3v) is 5.03. The molecule has 0 heterocycles. The fourth-order valence-electron chi connectivity index (χ4n) is 3.34. The number of aliphatic imine (C=N–C) groups is 1. The van der Waals surface area contributed by atoms with Crippen molar-refractivity contribution in [1.82, 2.24) is 10.6 Å². The van der Waals surface area contributed by atoms with Gasteiger partial charge in [0.2, 0.25) is 5.91 Å². The molecule has 0 saturated heterocycles. The van der Waals surface area contributed by atoms with Crippen LogP contribution < -0.4 is 16.4 Å². The SMILES string of the molecule is CN=C(NCc1ccc(C(N)=O)cc1)NCC(Cc1ccccc1)c1ccccc1. The monoisotopic (exact) mass is 400 g/mol. The molecule has 3 rings (SSSR count). The Morgan fingerprint density at radius 3 is 2.10 bits per heavy atom. The topological polar surface area (TPSA) is 79.5 Å². The van der Waals surface area contributed by atoms with Crippen molar-refractivity contribution in [3.63, 3.8) is 0 Å². The van der Waals surface area contributed by atoms with Crippen LogP contribution in [0.3, 0.4) is 0 Å². The van der Waals surface area contributed by atoms with Crippen molar-refractivity contribution in [3.8, 4) is 0 Å². The molecule has 3 aromatic carbocycles. The summed E-state index contributed by atoms with van der Waals surface area (Å²) in [4.78, 5) is 15.5. The summed E-state index contributed by atoms with van der Waals surface area (Å²) in [6.45, 7) is 1.37. The van der Waals surface area contributed by atoms with Crippen molar-refractivity contribution < 1.29 is 4.79 Å². The fourth-order valence-corrected chi connectivity index (χ4v) is 3.34. The van der Waals surface area contributed by atoms with Gasteiger partial charge in [0.1, 0.15) is 0 Å². The predicted molar refractivity (Wildman–Crippen MR) is 122 cm³/mol. The van der Waals surface area contributed by atoms with Crippen LogP contribution in [0.25, 0.3) is 0 Å². The summed E-state index contributed by atoms with van der Waals surface area (Å²) in [5.74, 6) is 0.641. The van der Waals surface area contributed by atoms with Crippen LogP contribution in [0.15, 0.2) is 89.9 Å². The van der Waals surface area contributed by atoms with Gasteiger partial charge in [-0.1, -0.05) is 72.8 Å². The van der Waals surface area contributed by atoms with Gasteiger partial charge in [0.05, 0.1) is 0 Å². The second-order valence-electron chi connectivity index (χ2n) is 7.17. The highest BCUT2D eigenvalue weighted by atomic mass is 16.1. The molecule has 3 aromatic rings. The summed E-state index contributed by atoms with van der Waals surface area (Å²) in [5.41, 5.74) is 9.46. The van der Waals surface area contributed by atoms with E-state index in [1.807, 2.05) is 24.3 Å². The summed E-state index contributed by atoms with van der Waals surface area (Å²) in [6, 6.07) is 28.3. The highest BCUT2D eigenvalue weighted by Crippen LogP contribution is 2.20. The van der Waals surface area contributed by atoms with Gasteiger partial charge in [0.15, 0.2) is 5.96 Å². The Bertz CT molecular complexity index is 953. The molecule has 154 valence electrons. The molecule has 0 aliphatic heterocycles. The summed E-state index contributed by atoms with van der Waals surface area (Å²) in [5, 5.41) is 6.78. The standard InChI is InChI=1S/C25H28N4O/c1-27-25(28-17-20-12-14-22(15-13-20)24(26)30)29-18-23(21-10-6-3-7-11-21)16-19-8-4-2-5-9-19/h2-15,23H,16-18H2,1H3,(H2,26,30)(H2,27,28,29). The van der Waals surface area contributed by atoms with E-state index >= 15 is 0 Å². The third kappa shape index (κ3) is 6.21. The molecule has 0 aliphatic rings. The molecule has 0 aromatic heterocycles. The van der Waals surface area contributed by atoms with Crippen molar-refractivity contribution in [2.75, 3.05) is 13.6 Å². The van der Waals surface area contributed by atoms with E-state index in [-0.39, 0.29) is 0 Å². The van der Waals surface area contributed by atoms with Crippen molar-refractivity contribution >= 4 is 11.9 Å². The average molecular weight is 401 g/mol. The van der Waals surface area contributed by atoms with E-state index in [0.717, 1.165) is 24.5 Å². The molecule has 5 heteroatoms. The Morgan fingerprint density at radius 1 is 0.867 bits per heavy atom. The van der Waals surface area contributed by atoms with Crippen LogP contribution in [0.5, 0.6) is 0 Å². The van der Waals surface area contributed by atoms with Gasteiger partial charge in [-0.3, -0.25) is 9.79 Å². The van der Waals surface area contributed by atoms with Gasteiger partial charge in [-0.2, -0.15) is 0 Å². The number of amides is 1. The van der Waals surface area contributed by atoms with E-state index in [1.165, 1.54) is 11.1 Å². The van der Waals surface area contributed by atoms with Crippen molar-refractivity contribution in [3.05, 3.63) is 107 Å². The second kappa shape index (κ2) is 10.8. The van der Waals surface area contributed by atoms with E-state index < -0.39 is 5.91 Å². The van der Waals surface area contributed by atoms with Crippen LogP contribution in [-0.2, 0) is 13.0 Å². The number of nitrogens with two attached hydrogens (primary N) is 1. The lowest BCUT2D eigenvalue weighted by atomic mass is 9.92. The maximum Gasteiger partial charge on any atom is 0.248 e. The molecule has 0 radical (unpaired) electrons. The molecule has 0 bridgehead atoms. The predicted octanol–water partition coefficient (Wildman–Crippen LogP) is 3.48. The summed E-state index contributed by atoms with van der Waals surface area (Å²) < 4.78 is 0. The van der Waals surface area contributed by atoms with Crippen molar-refractivity contribution in [1.29, 1.82) is 0 Å².